The van der Waals surface area contributed by atoms with E-state index in [0.29, 0.717) is 10.6 Å². The molecule has 0 unspecified atom stereocenters. The lowest BCUT2D eigenvalue weighted by Gasteiger charge is -2.12. The van der Waals surface area contributed by atoms with Gasteiger partial charge in [0.05, 0.1) is 6.21 Å². The van der Waals surface area contributed by atoms with Crippen LogP contribution >= 0.6 is 11.6 Å². The van der Waals surface area contributed by atoms with Crippen LogP contribution in [-0.4, -0.2) is 39.3 Å². The molecule has 0 atom stereocenters. The first-order valence-corrected chi connectivity index (χ1v) is 7.84. The zero-order chi connectivity index (χ0) is 19.9. The summed E-state index contributed by atoms with van der Waals surface area (Å²) in [7, 11) is 0. The van der Waals surface area contributed by atoms with Crippen molar-refractivity contribution in [2.75, 3.05) is 23.0 Å². The van der Waals surface area contributed by atoms with Crippen LogP contribution in [0.3, 0.4) is 0 Å². The van der Waals surface area contributed by atoms with Crippen LogP contribution in [0.2, 0.25) is 5.02 Å². The number of anilines is 3. The highest BCUT2D eigenvalue weighted by Gasteiger charge is 2.19. The topological polar surface area (TPSA) is 199 Å². The number of hydrogen-bond acceptors (Lipinski definition) is 12. The highest BCUT2D eigenvalue weighted by Crippen LogP contribution is 2.21. The van der Waals surface area contributed by atoms with Gasteiger partial charge in [-0.3, -0.25) is 4.79 Å². The van der Waals surface area contributed by atoms with Gasteiger partial charge in [0, 0.05) is 10.6 Å². The van der Waals surface area contributed by atoms with E-state index in [1.807, 2.05) is 0 Å². The van der Waals surface area contributed by atoms with E-state index in [-0.39, 0.29) is 29.8 Å². The smallest absolute Gasteiger partial charge is 0.263 e. The third-order valence-electron chi connectivity index (χ3n) is 3.07. The number of halogens is 1. The maximum Gasteiger partial charge on any atom is 0.263 e. The van der Waals surface area contributed by atoms with E-state index in [1.165, 1.54) is 6.21 Å². The van der Waals surface area contributed by atoms with E-state index in [9.17, 15) is 4.79 Å². The first kappa shape index (κ1) is 18.7. The number of nitrogen functional groups attached to an aromatic ring is 2. The van der Waals surface area contributed by atoms with Crippen molar-refractivity contribution in [3.05, 3.63) is 34.9 Å². The quantitative estimate of drug-likeness (QED) is 0.288. The van der Waals surface area contributed by atoms with Gasteiger partial charge in [0.15, 0.2) is 0 Å². The number of aromatic nitrogens is 4. The van der Waals surface area contributed by atoms with Crippen LogP contribution in [0.1, 0.15) is 5.56 Å². The van der Waals surface area contributed by atoms with Gasteiger partial charge in [0.1, 0.15) is 6.54 Å². The Labute approximate surface area is 161 Å². The molecule has 3 aromatic rings. The molecule has 0 aliphatic heterocycles. The predicted molar refractivity (Wildman–Crippen MR) is 96.5 cm³/mol. The molecule has 2 aromatic heterocycles. The molecule has 0 saturated carbocycles. The van der Waals surface area contributed by atoms with E-state index < -0.39 is 5.91 Å². The Balaban J connectivity index is 1.69. The Hall–Kier alpha value is -4.07. The molecule has 0 aliphatic carbocycles. The van der Waals surface area contributed by atoms with Gasteiger partial charge in [-0.1, -0.05) is 35.0 Å². The third-order valence-corrected chi connectivity index (χ3v) is 3.42. The lowest BCUT2D eigenvalue weighted by atomic mass is 10.2. The summed E-state index contributed by atoms with van der Waals surface area (Å²) in [6.07, 6.45) is 1.39. The number of hydrogen-bond donors (Lipinski definition) is 3. The molecule has 0 fully saturated rings. The molecular formula is C13H12ClN11O3. The second kappa shape index (κ2) is 8.54. The van der Waals surface area contributed by atoms with Gasteiger partial charge in [-0.2, -0.15) is 5.10 Å². The van der Waals surface area contributed by atoms with Crippen molar-refractivity contribution in [2.45, 2.75) is 0 Å². The van der Waals surface area contributed by atoms with E-state index in [4.69, 9.17) is 23.1 Å². The molecule has 0 saturated heterocycles. The van der Waals surface area contributed by atoms with Crippen molar-refractivity contribution >= 4 is 47.0 Å². The normalized spacial score (nSPS) is 11.3. The molecule has 0 radical (unpaired) electrons. The number of amides is 1. The molecular weight excluding hydrogens is 394 g/mol. The number of nitrogens with two attached hydrogens (primary N) is 2. The minimum Gasteiger partial charge on any atom is -0.378 e. The number of hydrazone groups is 1. The van der Waals surface area contributed by atoms with Crippen molar-refractivity contribution < 1.29 is 14.1 Å². The van der Waals surface area contributed by atoms with Crippen molar-refractivity contribution in [1.82, 2.24) is 26.1 Å². The zero-order valence-electron chi connectivity index (χ0n) is 13.9. The van der Waals surface area contributed by atoms with Gasteiger partial charge in [-0.05, 0) is 26.7 Å². The Morgan fingerprint density at radius 2 is 1.93 bits per heavy atom. The molecule has 0 spiro atoms. The summed E-state index contributed by atoms with van der Waals surface area (Å²) < 4.78 is 8.91. The van der Waals surface area contributed by atoms with Gasteiger partial charge in [0.2, 0.25) is 17.5 Å². The lowest BCUT2D eigenvalue weighted by Crippen LogP contribution is -2.32. The first-order valence-electron chi connectivity index (χ1n) is 7.46. The van der Waals surface area contributed by atoms with E-state index >= 15 is 0 Å². The molecule has 14 nitrogen and oxygen atoms in total. The van der Waals surface area contributed by atoms with Crippen LogP contribution in [0.4, 0.5) is 23.3 Å². The summed E-state index contributed by atoms with van der Waals surface area (Å²) in [5, 5.41) is 26.6. The molecule has 5 N–H and O–H groups in total. The van der Waals surface area contributed by atoms with Gasteiger partial charge in [0.25, 0.3) is 11.7 Å². The monoisotopic (exact) mass is 405 g/mol. The molecule has 1 amide bonds. The zero-order valence-corrected chi connectivity index (χ0v) is 14.7. The van der Waals surface area contributed by atoms with Gasteiger partial charge in [-0.15, -0.1) is 5.11 Å². The van der Waals surface area contributed by atoms with Gasteiger partial charge in [-0.25, -0.2) is 19.7 Å². The Bertz CT molecular complexity index is 1010. The minimum absolute atomic E-state index is 0.0518. The summed E-state index contributed by atoms with van der Waals surface area (Å²) in [6.45, 7) is -0.382. The maximum absolute atomic E-state index is 12.2. The number of benzene rings is 1. The molecule has 15 heteroatoms. The molecule has 0 aliphatic rings. The average Bonchev–Trinajstić information content (AvgIpc) is 3.28. The first-order chi connectivity index (χ1) is 13.5. The summed E-state index contributed by atoms with van der Waals surface area (Å²) in [4.78, 5) is 12.2. The Morgan fingerprint density at radius 3 is 2.61 bits per heavy atom. The molecule has 2 heterocycles. The molecule has 1 aromatic carbocycles. The summed E-state index contributed by atoms with van der Waals surface area (Å²) in [5.41, 5.74) is 14.1. The highest BCUT2D eigenvalue weighted by molar-refractivity contribution is 6.33. The lowest BCUT2D eigenvalue weighted by molar-refractivity contribution is -0.119. The molecule has 0 bridgehead atoms. The minimum atomic E-state index is -0.573. The number of carbonyl (C=O) groups is 1. The Morgan fingerprint density at radius 1 is 1.18 bits per heavy atom. The molecule has 144 valence electrons. The van der Waals surface area contributed by atoms with Crippen molar-refractivity contribution in [2.24, 2.45) is 15.4 Å². The second-order valence-corrected chi connectivity index (χ2v) is 5.42. The van der Waals surface area contributed by atoms with E-state index in [0.717, 1.165) is 5.01 Å². The number of rotatable bonds is 7. The fourth-order valence-electron chi connectivity index (χ4n) is 1.80. The van der Waals surface area contributed by atoms with Crippen LogP contribution in [0, 0.1) is 0 Å². The summed E-state index contributed by atoms with van der Waals surface area (Å²) in [5.74, 6) is -0.932. The molecule has 28 heavy (non-hydrogen) atoms. The largest absolute Gasteiger partial charge is 0.378 e. The average molecular weight is 406 g/mol. The fourth-order valence-corrected chi connectivity index (χ4v) is 1.98. The maximum atomic E-state index is 12.2. The summed E-state index contributed by atoms with van der Waals surface area (Å²) >= 11 is 6.00. The van der Waals surface area contributed by atoms with Crippen molar-refractivity contribution in [3.8, 4) is 0 Å². The molecule has 3 rings (SSSR count). The number of carbonyl (C=O) groups excluding carboxylic acids is 1. The van der Waals surface area contributed by atoms with Gasteiger partial charge < -0.3 is 11.5 Å². The standard InChI is InChI=1S/C13H12ClN11O3/c14-8-4-2-1-3-7(8)5-17-18-9(26)6-25(13-11(16)21-28-23-13)24-19-12-10(15)20-27-22-12/h1-5H,6H2,(H2,15,20)(H2,16,21)(H,18,26)/b17-5-,24-19?. The highest BCUT2D eigenvalue weighted by atomic mass is 35.5. The number of nitrogens with zero attached hydrogens (tertiary/aromatic N) is 8. The number of nitrogens with one attached hydrogen (secondary N) is 1. The SMILES string of the molecule is Nc1nonc1N=NN(CC(=O)N/N=C\c1ccccc1Cl)c1nonc1N. The van der Waals surface area contributed by atoms with Crippen LogP contribution < -0.4 is 21.9 Å². The van der Waals surface area contributed by atoms with Crippen LogP contribution in [0.15, 0.2) is 49.0 Å². The third kappa shape index (κ3) is 4.55. The van der Waals surface area contributed by atoms with E-state index in [2.05, 4.69) is 50.7 Å². The van der Waals surface area contributed by atoms with Crippen LogP contribution in [-0.2, 0) is 4.79 Å². The van der Waals surface area contributed by atoms with Crippen LogP contribution in [0.25, 0.3) is 0 Å². The van der Waals surface area contributed by atoms with E-state index in [1.54, 1.807) is 24.3 Å². The van der Waals surface area contributed by atoms with Crippen molar-refractivity contribution in [1.29, 1.82) is 0 Å². The van der Waals surface area contributed by atoms with Crippen LogP contribution in [0.5, 0.6) is 0 Å². The fraction of sp³-hybridized carbons (Fsp3) is 0.0769. The summed E-state index contributed by atoms with van der Waals surface area (Å²) in [6, 6.07) is 6.98. The predicted octanol–water partition coefficient (Wildman–Crippen LogP) is 0.926. The second-order valence-electron chi connectivity index (χ2n) is 5.01. The Kier molecular flexibility index (Phi) is 5.71. The van der Waals surface area contributed by atoms with Crippen molar-refractivity contribution in [3.63, 3.8) is 0 Å². The van der Waals surface area contributed by atoms with Gasteiger partial charge >= 0.3 is 0 Å².